The second kappa shape index (κ2) is 7.57. The van der Waals surface area contributed by atoms with Gasteiger partial charge in [0.25, 0.3) is 0 Å². The summed E-state index contributed by atoms with van der Waals surface area (Å²) in [5.41, 5.74) is 2.25. The van der Waals surface area contributed by atoms with E-state index in [-0.39, 0.29) is 6.61 Å². The minimum absolute atomic E-state index is 0.215. The molecule has 1 heterocycles. The molecule has 0 aliphatic heterocycles. The maximum Gasteiger partial charge on any atom is 0.0556 e. The number of hydrogen-bond donors (Lipinski definition) is 3. The van der Waals surface area contributed by atoms with Gasteiger partial charge in [-0.05, 0) is 31.7 Å². The fraction of sp³-hybridized carbons (Fsp3) is 0.421. The number of aliphatic hydroxyl groups excluding tert-OH is 1. The monoisotopic (exact) mass is 311 g/mol. The van der Waals surface area contributed by atoms with Gasteiger partial charge in [-0.25, -0.2) is 0 Å². The standard InChI is InChI=1S/C19H25N3O/c1-2-14-12-20-13-15-4-3-5-18(19(14)15)22-17-8-6-16(7-9-17)21-10-11-23/h2-5,12-13,16-17,21-23H,1,6-11H2/t16-,17+. The van der Waals surface area contributed by atoms with Crippen LogP contribution in [0.3, 0.4) is 0 Å². The van der Waals surface area contributed by atoms with Crippen molar-refractivity contribution < 1.29 is 5.11 Å². The minimum atomic E-state index is 0.215. The van der Waals surface area contributed by atoms with E-state index < -0.39 is 0 Å². The summed E-state index contributed by atoms with van der Waals surface area (Å²) < 4.78 is 0. The van der Waals surface area contributed by atoms with E-state index in [1.807, 2.05) is 18.5 Å². The zero-order chi connectivity index (χ0) is 16.1. The topological polar surface area (TPSA) is 57.2 Å². The molecule has 1 aliphatic carbocycles. The molecule has 0 spiro atoms. The van der Waals surface area contributed by atoms with Crippen LogP contribution >= 0.6 is 0 Å². The first-order valence-electron chi connectivity index (χ1n) is 8.41. The molecule has 1 aromatic heterocycles. The van der Waals surface area contributed by atoms with Crippen LogP contribution in [-0.4, -0.2) is 35.3 Å². The maximum atomic E-state index is 8.91. The number of aliphatic hydroxyl groups is 1. The van der Waals surface area contributed by atoms with Gasteiger partial charge in [0.2, 0.25) is 0 Å². The highest BCUT2D eigenvalue weighted by Crippen LogP contribution is 2.30. The molecule has 4 heteroatoms. The first-order valence-corrected chi connectivity index (χ1v) is 8.41. The highest BCUT2D eigenvalue weighted by Gasteiger charge is 2.21. The molecule has 1 aromatic carbocycles. The third-order valence-corrected chi connectivity index (χ3v) is 4.66. The lowest BCUT2D eigenvalue weighted by atomic mass is 9.90. The van der Waals surface area contributed by atoms with Crippen LogP contribution < -0.4 is 10.6 Å². The van der Waals surface area contributed by atoms with Crippen LogP contribution in [0.4, 0.5) is 5.69 Å². The van der Waals surface area contributed by atoms with Gasteiger partial charge in [0, 0.05) is 53.0 Å². The fourth-order valence-electron chi connectivity index (χ4n) is 3.47. The molecular weight excluding hydrogens is 286 g/mol. The van der Waals surface area contributed by atoms with Crippen molar-refractivity contribution in [2.45, 2.75) is 37.8 Å². The minimum Gasteiger partial charge on any atom is -0.395 e. The van der Waals surface area contributed by atoms with Crippen molar-refractivity contribution in [3.63, 3.8) is 0 Å². The van der Waals surface area contributed by atoms with Crippen molar-refractivity contribution in [1.29, 1.82) is 0 Å². The predicted molar refractivity (Wildman–Crippen MR) is 96.6 cm³/mol. The number of anilines is 1. The van der Waals surface area contributed by atoms with Crippen LogP contribution in [0, 0.1) is 0 Å². The van der Waals surface area contributed by atoms with E-state index in [1.165, 1.54) is 11.1 Å². The summed E-state index contributed by atoms with van der Waals surface area (Å²) in [5, 5.41) is 18.4. The Bertz CT molecular complexity index is 657. The highest BCUT2D eigenvalue weighted by molar-refractivity contribution is 5.99. The molecule has 0 radical (unpaired) electrons. The Labute approximate surface area is 137 Å². The summed E-state index contributed by atoms with van der Waals surface area (Å²) in [6, 6.07) is 7.36. The van der Waals surface area contributed by atoms with Gasteiger partial charge in [0.1, 0.15) is 0 Å². The Morgan fingerprint density at radius 2 is 1.96 bits per heavy atom. The lowest BCUT2D eigenvalue weighted by Crippen LogP contribution is -2.38. The third kappa shape index (κ3) is 3.71. The number of nitrogens with zero attached hydrogens (tertiary/aromatic N) is 1. The van der Waals surface area contributed by atoms with Gasteiger partial charge in [0.15, 0.2) is 0 Å². The molecule has 23 heavy (non-hydrogen) atoms. The zero-order valence-corrected chi connectivity index (χ0v) is 13.5. The highest BCUT2D eigenvalue weighted by atomic mass is 16.3. The van der Waals surface area contributed by atoms with Crippen LogP contribution in [-0.2, 0) is 0 Å². The van der Waals surface area contributed by atoms with E-state index >= 15 is 0 Å². The molecule has 0 bridgehead atoms. The number of fused-ring (bicyclic) bond motifs is 1. The quantitative estimate of drug-likeness (QED) is 0.767. The van der Waals surface area contributed by atoms with Crippen molar-refractivity contribution in [1.82, 2.24) is 10.3 Å². The van der Waals surface area contributed by atoms with Crippen LogP contribution in [0.15, 0.2) is 37.2 Å². The lowest BCUT2D eigenvalue weighted by molar-refractivity contribution is 0.269. The summed E-state index contributed by atoms with van der Waals surface area (Å²) in [6.07, 6.45) is 10.2. The van der Waals surface area contributed by atoms with Gasteiger partial charge < -0.3 is 15.7 Å². The fourth-order valence-corrected chi connectivity index (χ4v) is 3.47. The number of rotatable bonds is 6. The maximum absolute atomic E-state index is 8.91. The molecular formula is C19H25N3O. The van der Waals surface area contributed by atoms with Gasteiger partial charge >= 0.3 is 0 Å². The van der Waals surface area contributed by atoms with Crippen molar-refractivity contribution >= 4 is 22.5 Å². The van der Waals surface area contributed by atoms with E-state index in [0.717, 1.165) is 36.6 Å². The molecule has 4 nitrogen and oxygen atoms in total. The van der Waals surface area contributed by atoms with Gasteiger partial charge in [0.05, 0.1) is 6.61 Å². The van der Waals surface area contributed by atoms with Crippen molar-refractivity contribution in [2.75, 3.05) is 18.5 Å². The third-order valence-electron chi connectivity index (χ3n) is 4.66. The first-order chi connectivity index (χ1) is 11.3. The zero-order valence-electron chi connectivity index (χ0n) is 13.5. The molecule has 0 unspecified atom stereocenters. The Morgan fingerprint density at radius 1 is 1.17 bits per heavy atom. The summed E-state index contributed by atoms with van der Waals surface area (Å²) in [6.45, 7) is 4.82. The average Bonchev–Trinajstić information content (AvgIpc) is 2.61. The normalized spacial score (nSPS) is 21.3. The number of aromatic nitrogens is 1. The predicted octanol–water partition coefficient (Wildman–Crippen LogP) is 3.18. The summed E-state index contributed by atoms with van der Waals surface area (Å²) in [5.74, 6) is 0. The molecule has 2 aromatic rings. The van der Waals surface area contributed by atoms with E-state index in [1.54, 1.807) is 0 Å². The molecule has 1 aliphatic rings. The van der Waals surface area contributed by atoms with Crippen LogP contribution in [0.1, 0.15) is 31.2 Å². The Hall–Kier alpha value is -1.91. The molecule has 0 saturated heterocycles. The van der Waals surface area contributed by atoms with E-state index in [0.29, 0.717) is 18.6 Å². The van der Waals surface area contributed by atoms with E-state index in [4.69, 9.17) is 5.11 Å². The molecule has 3 rings (SSSR count). The van der Waals surface area contributed by atoms with E-state index in [2.05, 4.69) is 40.4 Å². The largest absolute Gasteiger partial charge is 0.395 e. The van der Waals surface area contributed by atoms with Gasteiger partial charge in [-0.3, -0.25) is 4.98 Å². The Kier molecular flexibility index (Phi) is 5.26. The molecule has 122 valence electrons. The Morgan fingerprint density at radius 3 is 2.70 bits per heavy atom. The van der Waals surface area contributed by atoms with Gasteiger partial charge in [-0.15, -0.1) is 0 Å². The molecule has 0 amide bonds. The van der Waals surface area contributed by atoms with Crippen LogP contribution in [0.5, 0.6) is 0 Å². The second-order valence-electron chi connectivity index (χ2n) is 6.21. The van der Waals surface area contributed by atoms with Crippen molar-refractivity contribution in [3.05, 3.63) is 42.7 Å². The number of hydrogen-bond acceptors (Lipinski definition) is 4. The molecule has 1 saturated carbocycles. The SMILES string of the molecule is C=Cc1cncc2cccc(N[C@H]3CC[C@@H](NCCO)CC3)c12. The first kappa shape index (κ1) is 16.0. The lowest BCUT2D eigenvalue weighted by Gasteiger charge is -2.30. The van der Waals surface area contributed by atoms with E-state index in [9.17, 15) is 0 Å². The average molecular weight is 311 g/mol. The van der Waals surface area contributed by atoms with Crippen molar-refractivity contribution in [2.24, 2.45) is 0 Å². The van der Waals surface area contributed by atoms with Gasteiger partial charge in [-0.2, -0.15) is 0 Å². The Balaban J connectivity index is 1.72. The summed E-state index contributed by atoms with van der Waals surface area (Å²) >= 11 is 0. The number of nitrogens with one attached hydrogen (secondary N) is 2. The van der Waals surface area contributed by atoms with Crippen LogP contribution in [0.25, 0.3) is 16.8 Å². The van der Waals surface area contributed by atoms with Gasteiger partial charge in [-0.1, -0.05) is 24.8 Å². The summed E-state index contributed by atoms with van der Waals surface area (Å²) in [4.78, 5) is 4.28. The van der Waals surface area contributed by atoms with Crippen LogP contribution in [0.2, 0.25) is 0 Å². The summed E-state index contributed by atoms with van der Waals surface area (Å²) in [7, 11) is 0. The molecule has 1 fully saturated rings. The molecule has 3 N–H and O–H groups in total. The number of pyridine rings is 1. The smallest absolute Gasteiger partial charge is 0.0556 e. The number of benzene rings is 1. The second-order valence-corrected chi connectivity index (χ2v) is 6.21. The van der Waals surface area contributed by atoms with Crippen molar-refractivity contribution in [3.8, 4) is 0 Å². The molecule has 0 atom stereocenters.